The molecule has 5 heteroatoms. The van der Waals surface area contributed by atoms with E-state index in [1.807, 2.05) is 18.2 Å². The molecular weight excluding hydrogens is 220 g/mol. The van der Waals surface area contributed by atoms with Crippen LogP contribution in [0, 0.1) is 0 Å². The van der Waals surface area contributed by atoms with Crippen LogP contribution in [0.15, 0.2) is 28.9 Å². The Bertz CT molecular complexity index is 508. The van der Waals surface area contributed by atoms with Gasteiger partial charge in [0, 0.05) is 6.54 Å². The number of methoxy groups -OCH3 is 2. The molecule has 2 N–H and O–H groups in total. The molecule has 0 bridgehead atoms. The quantitative estimate of drug-likeness (QED) is 0.873. The molecule has 0 saturated heterocycles. The summed E-state index contributed by atoms with van der Waals surface area (Å²) in [5.74, 6) is 1.71. The summed E-state index contributed by atoms with van der Waals surface area (Å²) in [6.45, 7) is 0.343. The molecule has 0 unspecified atom stereocenters. The van der Waals surface area contributed by atoms with Crippen LogP contribution in [-0.2, 0) is 6.54 Å². The molecule has 5 nitrogen and oxygen atoms in total. The van der Waals surface area contributed by atoms with Gasteiger partial charge in [-0.2, -0.15) is 0 Å². The van der Waals surface area contributed by atoms with Gasteiger partial charge in [0.15, 0.2) is 11.5 Å². The summed E-state index contributed by atoms with van der Waals surface area (Å²) in [6, 6.07) is 5.52. The van der Waals surface area contributed by atoms with E-state index in [4.69, 9.17) is 19.6 Å². The Balaban J connectivity index is 2.50. The van der Waals surface area contributed by atoms with E-state index in [9.17, 15) is 0 Å². The van der Waals surface area contributed by atoms with Crippen LogP contribution in [0.3, 0.4) is 0 Å². The summed E-state index contributed by atoms with van der Waals surface area (Å²) >= 11 is 0. The number of para-hydroxylation sites is 1. The van der Waals surface area contributed by atoms with Crippen molar-refractivity contribution in [2.75, 3.05) is 14.2 Å². The highest BCUT2D eigenvalue weighted by molar-refractivity contribution is 5.67. The van der Waals surface area contributed by atoms with Crippen molar-refractivity contribution in [3.63, 3.8) is 0 Å². The lowest BCUT2D eigenvalue weighted by Gasteiger charge is -2.09. The molecule has 1 aromatic carbocycles. The molecule has 0 aliphatic rings. The Labute approximate surface area is 99.2 Å². The average Bonchev–Trinajstić information content (AvgIpc) is 2.86. The highest BCUT2D eigenvalue weighted by Gasteiger charge is 2.15. The molecule has 2 rings (SSSR count). The largest absolute Gasteiger partial charge is 0.493 e. The van der Waals surface area contributed by atoms with Gasteiger partial charge in [-0.05, 0) is 12.1 Å². The number of oxazole rings is 1. The molecule has 0 atom stereocenters. The topological polar surface area (TPSA) is 70.5 Å². The summed E-state index contributed by atoms with van der Waals surface area (Å²) in [4.78, 5) is 4.26. The lowest BCUT2D eigenvalue weighted by atomic mass is 10.2. The second-order valence-electron chi connectivity index (χ2n) is 3.39. The van der Waals surface area contributed by atoms with E-state index < -0.39 is 0 Å². The highest BCUT2D eigenvalue weighted by atomic mass is 16.5. The first kappa shape index (κ1) is 11.5. The maximum Gasteiger partial charge on any atom is 0.230 e. The zero-order valence-corrected chi connectivity index (χ0v) is 9.77. The van der Waals surface area contributed by atoms with E-state index in [-0.39, 0.29) is 0 Å². The van der Waals surface area contributed by atoms with E-state index in [0.29, 0.717) is 29.6 Å². The number of hydrogen-bond acceptors (Lipinski definition) is 5. The van der Waals surface area contributed by atoms with E-state index in [1.54, 1.807) is 14.2 Å². The number of aromatic nitrogens is 1. The van der Waals surface area contributed by atoms with Crippen LogP contribution in [0.25, 0.3) is 11.5 Å². The molecule has 0 aliphatic heterocycles. The van der Waals surface area contributed by atoms with Crippen molar-refractivity contribution in [2.45, 2.75) is 6.54 Å². The van der Waals surface area contributed by atoms with E-state index in [1.165, 1.54) is 6.26 Å². The SMILES string of the molecule is COc1cccc(-c2nc(CN)co2)c1OC. The van der Waals surface area contributed by atoms with Gasteiger partial charge in [-0.25, -0.2) is 4.98 Å². The van der Waals surface area contributed by atoms with Gasteiger partial charge in [0.25, 0.3) is 0 Å². The molecule has 0 radical (unpaired) electrons. The normalized spacial score (nSPS) is 10.3. The third-order valence-corrected chi connectivity index (χ3v) is 2.39. The minimum absolute atomic E-state index is 0.343. The summed E-state index contributed by atoms with van der Waals surface area (Å²) in [5.41, 5.74) is 6.93. The smallest absolute Gasteiger partial charge is 0.230 e. The van der Waals surface area contributed by atoms with Gasteiger partial charge in [-0.1, -0.05) is 6.07 Å². The van der Waals surface area contributed by atoms with Gasteiger partial charge < -0.3 is 19.6 Å². The fourth-order valence-corrected chi connectivity index (χ4v) is 1.58. The van der Waals surface area contributed by atoms with Crippen LogP contribution in [0.1, 0.15) is 5.69 Å². The minimum Gasteiger partial charge on any atom is -0.493 e. The first-order valence-electron chi connectivity index (χ1n) is 5.16. The summed E-state index contributed by atoms with van der Waals surface area (Å²) in [6.07, 6.45) is 1.54. The van der Waals surface area contributed by atoms with Gasteiger partial charge in [-0.15, -0.1) is 0 Å². The van der Waals surface area contributed by atoms with Crippen LogP contribution in [0.5, 0.6) is 11.5 Å². The maximum absolute atomic E-state index is 5.49. The number of nitrogens with two attached hydrogens (primary N) is 1. The Morgan fingerprint density at radius 3 is 2.71 bits per heavy atom. The number of benzene rings is 1. The van der Waals surface area contributed by atoms with Crippen molar-refractivity contribution in [2.24, 2.45) is 5.73 Å². The van der Waals surface area contributed by atoms with E-state index in [0.717, 1.165) is 5.56 Å². The van der Waals surface area contributed by atoms with Gasteiger partial charge >= 0.3 is 0 Å². The molecule has 0 fully saturated rings. The second kappa shape index (κ2) is 4.88. The number of rotatable bonds is 4. The third-order valence-electron chi connectivity index (χ3n) is 2.39. The Hall–Kier alpha value is -2.01. The number of ether oxygens (including phenoxy) is 2. The fourth-order valence-electron chi connectivity index (χ4n) is 1.58. The van der Waals surface area contributed by atoms with Crippen molar-refractivity contribution in [1.82, 2.24) is 4.98 Å². The van der Waals surface area contributed by atoms with Crippen molar-refractivity contribution in [1.29, 1.82) is 0 Å². The fraction of sp³-hybridized carbons (Fsp3) is 0.250. The van der Waals surface area contributed by atoms with Crippen LogP contribution in [0.4, 0.5) is 0 Å². The molecule has 2 aromatic rings. The van der Waals surface area contributed by atoms with Crippen LogP contribution in [0.2, 0.25) is 0 Å². The Morgan fingerprint density at radius 1 is 1.29 bits per heavy atom. The van der Waals surface area contributed by atoms with Crippen molar-refractivity contribution in [3.8, 4) is 23.0 Å². The summed E-state index contributed by atoms with van der Waals surface area (Å²) < 4.78 is 15.9. The standard InChI is InChI=1S/C12H14N2O3/c1-15-10-5-3-4-9(11(10)16-2)12-14-8(6-13)7-17-12/h3-5,7H,6,13H2,1-2H3. The first-order valence-corrected chi connectivity index (χ1v) is 5.16. The molecule has 0 aliphatic carbocycles. The molecule has 1 aromatic heterocycles. The molecule has 1 heterocycles. The molecule has 90 valence electrons. The van der Waals surface area contributed by atoms with E-state index in [2.05, 4.69) is 4.98 Å². The zero-order valence-electron chi connectivity index (χ0n) is 9.77. The Morgan fingerprint density at radius 2 is 2.12 bits per heavy atom. The summed E-state index contributed by atoms with van der Waals surface area (Å²) in [7, 11) is 3.16. The average molecular weight is 234 g/mol. The predicted molar refractivity (Wildman–Crippen MR) is 62.9 cm³/mol. The van der Waals surface area contributed by atoms with Gasteiger partial charge in [0.05, 0.1) is 25.5 Å². The van der Waals surface area contributed by atoms with Gasteiger partial charge in [0.1, 0.15) is 6.26 Å². The van der Waals surface area contributed by atoms with Crippen molar-refractivity contribution >= 4 is 0 Å². The molecule has 0 amide bonds. The predicted octanol–water partition coefficient (Wildman–Crippen LogP) is 1.82. The lowest BCUT2D eigenvalue weighted by molar-refractivity contribution is 0.355. The minimum atomic E-state index is 0.343. The van der Waals surface area contributed by atoms with Crippen LogP contribution >= 0.6 is 0 Å². The van der Waals surface area contributed by atoms with Gasteiger partial charge in [0.2, 0.25) is 5.89 Å². The zero-order chi connectivity index (χ0) is 12.3. The highest BCUT2D eigenvalue weighted by Crippen LogP contribution is 2.37. The van der Waals surface area contributed by atoms with Crippen molar-refractivity contribution < 1.29 is 13.9 Å². The second-order valence-corrected chi connectivity index (χ2v) is 3.39. The van der Waals surface area contributed by atoms with Crippen molar-refractivity contribution in [3.05, 3.63) is 30.2 Å². The lowest BCUT2D eigenvalue weighted by Crippen LogP contribution is -1.96. The Kier molecular flexibility index (Phi) is 3.30. The maximum atomic E-state index is 5.49. The monoisotopic (exact) mass is 234 g/mol. The molecule has 0 spiro atoms. The van der Waals surface area contributed by atoms with Crippen LogP contribution < -0.4 is 15.2 Å². The van der Waals surface area contributed by atoms with Gasteiger partial charge in [-0.3, -0.25) is 0 Å². The summed E-state index contributed by atoms with van der Waals surface area (Å²) in [5, 5.41) is 0. The number of hydrogen-bond donors (Lipinski definition) is 1. The first-order chi connectivity index (χ1) is 8.30. The number of nitrogens with zero attached hydrogens (tertiary/aromatic N) is 1. The molecule has 17 heavy (non-hydrogen) atoms. The molecule has 0 saturated carbocycles. The third kappa shape index (κ3) is 2.09. The van der Waals surface area contributed by atoms with Crippen LogP contribution in [-0.4, -0.2) is 19.2 Å². The molecular formula is C12H14N2O3. The van der Waals surface area contributed by atoms with E-state index >= 15 is 0 Å².